The summed E-state index contributed by atoms with van der Waals surface area (Å²) in [5, 5.41) is 3.30. The summed E-state index contributed by atoms with van der Waals surface area (Å²) >= 11 is 0. The topological polar surface area (TPSA) is 28.4 Å². The fourth-order valence-corrected chi connectivity index (χ4v) is 2.65. The molecule has 0 aromatic carbocycles. The van der Waals surface area contributed by atoms with Crippen LogP contribution in [-0.2, 0) is 13.1 Å². The van der Waals surface area contributed by atoms with Crippen LogP contribution in [0.15, 0.2) is 16.7 Å². The molecule has 0 spiro atoms. The van der Waals surface area contributed by atoms with Crippen molar-refractivity contribution < 1.29 is 17.6 Å². The number of likely N-dealkylation sites (tertiary alicyclic amines) is 1. The number of piperidine rings is 1. The summed E-state index contributed by atoms with van der Waals surface area (Å²) < 4.78 is 43.9. The molecule has 0 bridgehead atoms. The average Bonchev–Trinajstić information content (AvgIpc) is 2.83. The fraction of sp³-hybridized carbons (Fsp3) is 0.733. The van der Waals surface area contributed by atoms with Crippen molar-refractivity contribution in [2.45, 2.75) is 52.0 Å². The molecule has 3 nitrogen and oxygen atoms in total. The Morgan fingerprint density at radius 1 is 1.43 bits per heavy atom. The zero-order chi connectivity index (χ0) is 15.5. The van der Waals surface area contributed by atoms with Gasteiger partial charge in [0, 0.05) is 24.7 Å². The normalized spacial score (nSPS) is 21.1. The van der Waals surface area contributed by atoms with E-state index in [9.17, 15) is 13.2 Å². The second-order valence-electron chi connectivity index (χ2n) is 6.02. The van der Waals surface area contributed by atoms with Crippen molar-refractivity contribution in [2.75, 3.05) is 13.1 Å². The molecule has 2 heterocycles. The molecule has 120 valence electrons. The maximum absolute atomic E-state index is 12.8. The number of alkyl halides is 3. The van der Waals surface area contributed by atoms with Crippen LogP contribution in [0.4, 0.5) is 13.2 Å². The number of hydrogen-bond donors (Lipinski definition) is 1. The van der Waals surface area contributed by atoms with Gasteiger partial charge in [0.1, 0.15) is 5.76 Å². The Morgan fingerprint density at radius 2 is 2.19 bits per heavy atom. The van der Waals surface area contributed by atoms with Crippen molar-refractivity contribution in [1.82, 2.24) is 10.2 Å². The Bertz CT molecular complexity index is 442. The monoisotopic (exact) mass is 304 g/mol. The minimum absolute atomic E-state index is 0.0707. The lowest BCUT2D eigenvalue weighted by Crippen LogP contribution is -2.41. The van der Waals surface area contributed by atoms with Crippen molar-refractivity contribution in [3.05, 3.63) is 23.7 Å². The number of hydrogen-bond acceptors (Lipinski definition) is 3. The van der Waals surface area contributed by atoms with Crippen LogP contribution >= 0.6 is 0 Å². The van der Waals surface area contributed by atoms with Crippen LogP contribution in [0.5, 0.6) is 0 Å². The number of furan rings is 1. The lowest BCUT2D eigenvalue weighted by Gasteiger charge is -2.33. The first-order valence-corrected chi connectivity index (χ1v) is 7.44. The summed E-state index contributed by atoms with van der Waals surface area (Å²) in [7, 11) is 0. The third-order valence-corrected chi connectivity index (χ3v) is 3.87. The lowest BCUT2D eigenvalue weighted by atomic mass is 9.97. The highest BCUT2D eigenvalue weighted by molar-refractivity contribution is 5.17. The molecule has 1 saturated heterocycles. The molecule has 0 radical (unpaired) electrons. The van der Waals surface area contributed by atoms with E-state index in [0.717, 1.165) is 11.3 Å². The van der Waals surface area contributed by atoms with E-state index in [1.165, 1.54) is 0 Å². The van der Waals surface area contributed by atoms with Gasteiger partial charge in [-0.1, -0.05) is 13.8 Å². The van der Waals surface area contributed by atoms with Crippen molar-refractivity contribution in [3.63, 3.8) is 0 Å². The zero-order valence-corrected chi connectivity index (χ0v) is 12.5. The van der Waals surface area contributed by atoms with Gasteiger partial charge in [0.15, 0.2) is 0 Å². The summed E-state index contributed by atoms with van der Waals surface area (Å²) in [6.45, 7) is 6.01. The van der Waals surface area contributed by atoms with Gasteiger partial charge in [-0.3, -0.25) is 4.90 Å². The molecule has 2 rings (SSSR count). The molecule has 1 aromatic rings. The summed E-state index contributed by atoms with van der Waals surface area (Å²) in [6.07, 6.45) is -1.66. The minimum atomic E-state index is -4.09. The van der Waals surface area contributed by atoms with E-state index in [4.69, 9.17) is 4.42 Å². The van der Waals surface area contributed by atoms with Gasteiger partial charge in [0.05, 0.1) is 18.7 Å². The second kappa shape index (κ2) is 6.83. The van der Waals surface area contributed by atoms with Gasteiger partial charge in [-0.15, -0.1) is 0 Å². The molecular formula is C15H23F3N2O. The number of rotatable bonds is 5. The highest BCUT2D eigenvalue weighted by atomic mass is 19.4. The molecule has 0 amide bonds. The third kappa shape index (κ3) is 4.74. The fourth-order valence-electron chi connectivity index (χ4n) is 2.65. The summed E-state index contributed by atoms with van der Waals surface area (Å²) in [6, 6.07) is 2.24. The summed E-state index contributed by atoms with van der Waals surface area (Å²) in [5.74, 6) is -0.440. The molecule has 1 aliphatic heterocycles. The van der Waals surface area contributed by atoms with Crippen molar-refractivity contribution >= 4 is 0 Å². The Labute approximate surface area is 123 Å². The summed E-state index contributed by atoms with van der Waals surface area (Å²) in [5.41, 5.74) is 1.03. The van der Waals surface area contributed by atoms with Gasteiger partial charge >= 0.3 is 6.18 Å². The van der Waals surface area contributed by atoms with Gasteiger partial charge in [0.2, 0.25) is 0 Å². The molecule has 0 aliphatic carbocycles. The Kier molecular flexibility index (Phi) is 5.32. The van der Waals surface area contributed by atoms with Gasteiger partial charge in [-0.25, -0.2) is 0 Å². The van der Waals surface area contributed by atoms with Crippen LogP contribution in [0.3, 0.4) is 0 Å². The molecule has 1 N–H and O–H groups in total. The molecule has 21 heavy (non-hydrogen) atoms. The van der Waals surface area contributed by atoms with Crippen molar-refractivity contribution in [1.29, 1.82) is 0 Å². The molecule has 6 heteroatoms. The molecule has 1 aromatic heterocycles. The number of nitrogens with one attached hydrogen (secondary N) is 1. The van der Waals surface area contributed by atoms with Crippen molar-refractivity contribution in [2.24, 2.45) is 5.92 Å². The van der Waals surface area contributed by atoms with Crippen LogP contribution in [-0.4, -0.2) is 30.2 Å². The van der Waals surface area contributed by atoms with Crippen LogP contribution in [0.25, 0.3) is 0 Å². The molecule has 1 fully saturated rings. The predicted molar refractivity (Wildman–Crippen MR) is 74.7 cm³/mol. The van der Waals surface area contributed by atoms with E-state index in [-0.39, 0.29) is 13.0 Å². The Morgan fingerprint density at radius 3 is 2.86 bits per heavy atom. The standard InChI is InChI=1S/C15H23F3N2O/c1-11(2)19-8-12-5-7-21-14(12)10-20-6-3-4-13(9-20)15(16,17)18/h5,7,11,13,19H,3-4,6,8-10H2,1-2H3. The largest absolute Gasteiger partial charge is 0.468 e. The van der Waals surface area contributed by atoms with E-state index in [1.54, 1.807) is 6.26 Å². The first-order valence-electron chi connectivity index (χ1n) is 7.44. The van der Waals surface area contributed by atoms with Crippen LogP contribution in [0.2, 0.25) is 0 Å². The van der Waals surface area contributed by atoms with Crippen LogP contribution in [0.1, 0.15) is 38.0 Å². The van der Waals surface area contributed by atoms with Gasteiger partial charge in [-0.2, -0.15) is 13.2 Å². The Balaban J connectivity index is 1.94. The quantitative estimate of drug-likeness (QED) is 0.902. The highest BCUT2D eigenvalue weighted by Gasteiger charge is 2.41. The first-order chi connectivity index (χ1) is 9.86. The van der Waals surface area contributed by atoms with E-state index >= 15 is 0 Å². The Hall–Kier alpha value is -1.01. The smallest absolute Gasteiger partial charge is 0.393 e. The van der Waals surface area contributed by atoms with E-state index in [2.05, 4.69) is 19.2 Å². The molecule has 1 atom stereocenters. The van der Waals surface area contributed by atoms with Crippen LogP contribution in [0, 0.1) is 5.92 Å². The SMILES string of the molecule is CC(C)NCc1ccoc1CN1CCCC(C(F)(F)F)C1. The zero-order valence-electron chi connectivity index (χ0n) is 12.5. The minimum Gasteiger partial charge on any atom is -0.468 e. The number of halogens is 3. The molecule has 0 saturated carbocycles. The highest BCUT2D eigenvalue weighted by Crippen LogP contribution is 2.33. The number of nitrogens with zero attached hydrogens (tertiary/aromatic N) is 1. The molecular weight excluding hydrogens is 281 g/mol. The van der Waals surface area contributed by atoms with Crippen LogP contribution < -0.4 is 5.32 Å². The van der Waals surface area contributed by atoms with E-state index < -0.39 is 12.1 Å². The third-order valence-electron chi connectivity index (χ3n) is 3.87. The maximum Gasteiger partial charge on any atom is 0.393 e. The average molecular weight is 304 g/mol. The summed E-state index contributed by atoms with van der Waals surface area (Å²) in [4.78, 5) is 1.85. The van der Waals surface area contributed by atoms with E-state index in [0.29, 0.717) is 32.1 Å². The van der Waals surface area contributed by atoms with Gasteiger partial charge < -0.3 is 9.73 Å². The predicted octanol–water partition coefficient (Wildman–Crippen LogP) is 3.55. The van der Waals surface area contributed by atoms with E-state index in [1.807, 2.05) is 11.0 Å². The van der Waals surface area contributed by atoms with Gasteiger partial charge in [0.25, 0.3) is 0 Å². The maximum atomic E-state index is 12.8. The van der Waals surface area contributed by atoms with Crippen molar-refractivity contribution in [3.8, 4) is 0 Å². The molecule has 1 unspecified atom stereocenters. The first kappa shape index (κ1) is 16.4. The molecule has 1 aliphatic rings. The lowest BCUT2D eigenvalue weighted by molar-refractivity contribution is -0.187. The van der Waals surface area contributed by atoms with Gasteiger partial charge in [-0.05, 0) is 25.5 Å². The second-order valence-corrected chi connectivity index (χ2v) is 6.02.